The Morgan fingerprint density at radius 2 is 2.14 bits per heavy atom. The highest BCUT2D eigenvalue weighted by molar-refractivity contribution is 5.26. The molecule has 1 aliphatic rings. The molecule has 1 aliphatic heterocycles. The highest BCUT2D eigenvalue weighted by Gasteiger charge is 2.22. The molecule has 118 valence electrons. The van der Waals surface area contributed by atoms with Crippen LogP contribution in [0, 0.1) is 6.92 Å². The van der Waals surface area contributed by atoms with Crippen LogP contribution in [0.2, 0.25) is 0 Å². The summed E-state index contributed by atoms with van der Waals surface area (Å²) in [7, 11) is 1.60. The van der Waals surface area contributed by atoms with E-state index in [-0.39, 0.29) is 6.10 Å². The van der Waals surface area contributed by atoms with E-state index in [0.29, 0.717) is 26.4 Å². The lowest BCUT2D eigenvalue weighted by atomic mass is 10.2. The van der Waals surface area contributed by atoms with Crippen molar-refractivity contribution < 1.29 is 19.3 Å². The molecular formula is C16H25NO4. The van der Waals surface area contributed by atoms with Gasteiger partial charge in [0.05, 0.1) is 19.3 Å². The molecule has 1 N–H and O–H groups in total. The van der Waals surface area contributed by atoms with E-state index >= 15 is 0 Å². The number of hydrogen-bond donors (Lipinski definition) is 1. The summed E-state index contributed by atoms with van der Waals surface area (Å²) in [5.41, 5.74) is 1.22. The van der Waals surface area contributed by atoms with Crippen LogP contribution >= 0.6 is 0 Å². The first kappa shape index (κ1) is 16.2. The first-order chi connectivity index (χ1) is 10.2. The molecule has 2 unspecified atom stereocenters. The van der Waals surface area contributed by atoms with Crippen molar-refractivity contribution in [3.8, 4) is 5.75 Å². The number of hydrogen-bond acceptors (Lipinski definition) is 5. The quantitative estimate of drug-likeness (QED) is 0.816. The Labute approximate surface area is 126 Å². The standard InChI is InChI=1S/C16H25NO4/c1-13-3-5-15(6-4-13)21-12-16-10-17(7-8-20-16)9-14(18)11-19-2/h3-6,14,16,18H,7-12H2,1-2H3. The SMILES string of the molecule is COCC(O)CN1CCOC(COc2ccc(C)cc2)C1. The van der Waals surface area contributed by atoms with Crippen molar-refractivity contribution in [3.63, 3.8) is 0 Å². The Bertz CT molecular complexity index is 409. The normalized spacial score (nSPS) is 21.2. The number of rotatable bonds is 7. The van der Waals surface area contributed by atoms with E-state index in [4.69, 9.17) is 14.2 Å². The van der Waals surface area contributed by atoms with E-state index in [1.807, 2.05) is 24.3 Å². The van der Waals surface area contributed by atoms with E-state index in [9.17, 15) is 5.11 Å². The Kier molecular flexibility index (Phi) is 6.45. The van der Waals surface area contributed by atoms with Gasteiger partial charge in [0, 0.05) is 26.7 Å². The minimum atomic E-state index is -0.452. The first-order valence-electron chi connectivity index (χ1n) is 7.38. The van der Waals surface area contributed by atoms with Crippen LogP contribution in [0.25, 0.3) is 0 Å². The molecule has 2 rings (SSSR count). The van der Waals surface area contributed by atoms with Gasteiger partial charge in [-0.15, -0.1) is 0 Å². The molecular weight excluding hydrogens is 270 g/mol. The third-order valence-electron chi connectivity index (χ3n) is 3.51. The number of aliphatic hydroxyl groups excluding tert-OH is 1. The summed E-state index contributed by atoms with van der Waals surface area (Å²) in [6, 6.07) is 8.01. The summed E-state index contributed by atoms with van der Waals surface area (Å²) in [6.45, 7) is 5.83. The van der Waals surface area contributed by atoms with Crippen LogP contribution in [0.3, 0.4) is 0 Å². The lowest BCUT2D eigenvalue weighted by molar-refractivity contribution is -0.0625. The van der Waals surface area contributed by atoms with Crippen molar-refractivity contribution in [2.45, 2.75) is 19.1 Å². The molecule has 0 amide bonds. The summed E-state index contributed by atoms with van der Waals surface area (Å²) in [4.78, 5) is 2.19. The van der Waals surface area contributed by atoms with Crippen LogP contribution in [-0.2, 0) is 9.47 Å². The zero-order chi connectivity index (χ0) is 15.1. The summed E-state index contributed by atoms with van der Waals surface area (Å²) >= 11 is 0. The monoisotopic (exact) mass is 295 g/mol. The predicted octanol–water partition coefficient (Wildman–Crippen LogP) is 1.08. The van der Waals surface area contributed by atoms with E-state index in [1.54, 1.807) is 7.11 Å². The molecule has 0 saturated carbocycles. The van der Waals surface area contributed by atoms with Crippen molar-refractivity contribution in [2.24, 2.45) is 0 Å². The Hall–Kier alpha value is -1.14. The number of methoxy groups -OCH3 is 1. The van der Waals surface area contributed by atoms with Crippen molar-refractivity contribution in [2.75, 3.05) is 46.6 Å². The van der Waals surface area contributed by atoms with Gasteiger partial charge in [-0.25, -0.2) is 0 Å². The summed E-state index contributed by atoms with van der Waals surface area (Å²) in [6.07, 6.45) is -0.415. The number of β-amino-alcohol motifs (C(OH)–C–C–N with tert-alkyl or cyclic N) is 1. The second kappa shape index (κ2) is 8.34. The number of ether oxygens (including phenoxy) is 3. The molecule has 2 atom stereocenters. The molecule has 1 fully saturated rings. The third-order valence-corrected chi connectivity index (χ3v) is 3.51. The molecule has 5 nitrogen and oxygen atoms in total. The van der Waals surface area contributed by atoms with E-state index in [2.05, 4.69) is 11.8 Å². The fourth-order valence-corrected chi connectivity index (χ4v) is 2.41. The van der Waals surface area contributed by atoms with Crippen molar-refractivity contribution in [1.29, 1.82) is 0 Å². The second-order valence-electron chi connectivity index (χ2n) is 5.49. The van der Waals surface area contributed by atoms with E-state index in [1.165, 1.54) is 5.56 Å². The van der Waals surface area contributed by atoms with Gasteiger partial charge in [-0.2, -0.15) is 0 Å². The van der Waals surface area contributed by atoms with Crippen molar-refractivity contribution in [3.05, 3.63) is 29.8 Å². The number of nitrogens with zero attached hydrogens (tertiary/aromatic N) is 1. The van der Waals surface area contributed by atoms with Crippen LogP contribution in [0.15, 0.2) is 24.3 Å². The number of benzene rings is 1. The summed E-state index contributed by atoms with van der Waals surface area (Å²) in [5, 5.41) is 9.78. The number of aryl methyl sites for hydroxylation is 1. The minimum absolute atomic E-state index is 0.0368. The average molecular weight is 295 g/mol. The maximum Gasteiger partial charge on any atom is 0.119 e. The van der Waals surface area contributed by atoms with Crippen molar-refractivity contribution in [1.82, 2.24) is 4.90 Å². The zero-order valence-corrected chi connectivity index (χ0v) is 12.8. The van der Waals surface area contributed by atoms with E-state index < -0.39 is 6.10 Å². The fraction of sp³-hybridized carbons (Fsp3) is 0.625. The van der Waals surface area contributed by atoms with Crippen molar-refractivity contribution >= 4 is 0 Å². The number of morpholine rings is 1. The smallest absolute Gasteiger partial charge is 0.119 e. The highest BCUT2D eigenvalue weighted by Crippen LogP contribution is 2.13. The highest BCUT2D eigenvalue weighted by atomic mass is 16.5. The van der Waals surface area contributed by atoms with Gasteiger partial charge in [0.25, 0.3) is 0 Å². The van der Waals surface area contributed by atoms with Gasteiger partial charge in [-0.1, -0.05) is 17.7 Å². The maximum absolute atomic E-state index is 9.78. The van der Waals surface area contributed by atoms with Crippen LogP contribution < -0.4 is 4.74 Å². The van der Waals surface area contributed by atoms with Gasteiger partial charge in [0.2, 0.25) is 0 Å². The largest absolute Gasteiger partial charge is 0.491 e. The van der Waals surface area contributed by atoms with Crippen LogP contribution in [0.5, 0.6) is 5.75 Å². The molecule has 1 saturated heterocycles. The molecule has 5 heteroatoms. The molecule has 0 aliphatic carbocycles. The van der Waals surface area contributed by atoms with Gasteiger partial charge < -0.3 is 19.3 Å². The van der Waals surface area contributed by atoms with Gasteiger partial charge in [0.1, 0.15) is 18.5 Å². The average Bonchev–Trinajstić information content (AvgIpc) is 2.47. The van der Waals surface area contributed by atoms with Gasteiger partial charge in [-0.05, 0) is 19.1 Å². The topological polar surface area (TPSA) is 51.2 Å². The number of aliphatic hydroxyl groups is 1. The molecule has 1 heterocycles. The van der Waals surface area contributed by atoms with Crippen LogP contribution in [0.4, 0.5) is 0 Å². The van der Waals surface area contributed by atoms with Crippen LogP contribution in [0.1, 0.15) is 5.56 Å². The lowest BCUT2D eigenvalue weighted by Gasteiger charge is -2.33. The molecule has 0 spiro atoms. The summed E-state index contributed by atoms with van der Waals surface area (Å²) in [5.74, 6) is 0.862. The van der Waals surface area contributed by atoms with Gasteiger partial charge in [-0.3, -0.25) is 4.90 Å². The molecule has 21 heavy (non-hydrogen) atoms. The predicted molar refractivity (Wildman–Crippen MR) is 80.7 cm³/mol. The van der Waals surface area contributed by atoms with Crippen LogP contribution in [-0.4, -0.2) is 68.8 Å². The third kappa shape index (κ3) is 5.63. The molecule has 0 bridgehead atoms. The Morgan fingerprint density at radius 1 is 1.38 bits per heavy atom. The maximum atomic E-state index is 9.78. The second-order valence-corrected chi connectivity index (χ2v) is 5.49. The Morgan fingerprint density at radius 3 is 2.86 bits per heavy atom. The Balaban J connectivity index is 1.74. The van der Waals surface area contributed by atoms with Gasteiger partial charge >= 0.3 is 0 Å². The first-order valence-corrected chi connectivity index (χ1v) is 7.38. The molecule has 1 aromatic rings. The molecule has 1 aromatic carbocycles. The zero-order valence-electron chi connectivity index (χ0n) is 12.8. The van der Waals surface area contributed by atoms with Gasteiger partial charge in [0.15, 0.2) is 0 Å². The summed E-state index contributed by atoms with van der Waals surface area (Å²) < 4.78 is 16.4. The van der Waals surface area contributed by atoms with E-state index in [0.717, 1.165) is 18.8 Å². The fourth-order valence-electron chi connectivity index (χ4n) is 2.41. The minimum Gasteiger partial charge on any atom is -0.491 e. The molecule has 0 aromatic heterocycles. The molecule has 0 radical (unpaired) electrons. The lowest BCUT2D eigenvalue weighted by Crippen LogP contribution is -2.48.